The zero-order valence-corrected chi connectivity index (χ0v) is 23.9. The maximum absolute atomic E-state index is 12.2. The predicted molar refractivity (Wildman–Crippen MR) is 155 cm³/mol. The van der Waals surface area contributed by atoms with Crippen molar-refractivity contribution < 1.29 is 19.0 Å². The van der Waals surface area contributed by atoms with Gasteiger partial charge in [0.1, 0.15) is 29.3 Å². The number of pyridine rings is 1. The summed E-state index contributed by atoms with van der Waals surface area (Å²) in [6, 6.07) is 3.88. The number of rotatable bonds is 7. The van der Waals surface area contributed by atoms with Crippen LogP contribution in [-0.4, -0.2) is 106 Å². The predicted octanol–water partition coefficient (Wildman–Crippen LogP) is 3.20. The Labute approximate surface area is 241 Å². The molecule has 3 aromatic heterocycles. The molecule has 0 bridgehead atoms. The van der Waals surface area contributed by atoms with Crippen LogP contribution in [0.5, 0.6) is 17.6 Å². The van der Waals surface area contributed by atoms with Gasteiger partial charge in [-0.25, -0.2) is 4.98 Å². The van der Waals surface area contributed by atoms with Gasteiger partial charge in [0.15, 0.2) is 0 Å². The van der Waals surface area contributed by atoms with Crippen LogP contribution in [0.3, 0.4) is 0 Å². The van der Waals surface area contributed by atoms with E-state index < -0.39 is 0 Å². The first kappa shape index (κ1) is 27.2. The van der Waals surface area contributed by atoms with E-state index in [1.54, 1.807) is 24.4 Å². The number of carbonyl (C=O) groups excluding carboxylic acids is 1. The SMILES string of the molecule is C=CC(=O)N1CCN(c2nc(OC3CN(C)C[C@H]3OC)nc3c(Oc4c(C)c(Cl)cc5[nH]ncc45)nccc23)CC1. The average molecular weight is 579 g/mol. The van der Waals surface area contributed by atoms with E-state index in [9.17, 15) is 4.79 Å². The molecule has 0 aliphatic carbocycles. The minimum Gasteiger partial charge on any atom is -0.456 e. The number of likely N-dealkylation sites (tertiary alicyclic amines) is 1. The first-order valence-electron chi connectivity index (χ1n) is 13.4. The fraction of sp³-hybridized carbons (Fsp3) is 0.393. The van der Waals surface area contributed by atoms with E-state index >= 15 is 0 Å². The molecule has 4 aromatic rings. The van der Waals surface area contributed by atoms with Crippen LogP contribution in [0.15, 0.2) is 37.2 Å². The van der Waals surface area contributed by atoms with E-state index in [2.05, 4.69) is 31.6 Å². The van der Waals surface area contributed by atoms with Gasteiger partial charge in [0.2, 0.25) is 11.8 Å². The lowest BCUT2D eigenvalue weighted by Gasteiger charge is -2.35. The number of nitrogens with one attached hydrogen (secondary N) is 1. The average Bonchev–Trinajstić information content (AvgIpc) is 3.60. The van der Waals surface area contributed by atoms with Crippen LogP contribution < -0.4 is 14.4 Å². The lowest BCUT2D eigenvalue weighted by atomic mass is 10.1. The standard InChI is InChI=1S/C28H31ClN8O4/c1-5-23(38)36-8-10-37(11-9-36)26-17-6-7-30-27(41-25-16(2)19(29)12-20-18(25)13-31-34-20)24(17)32-28(33-26)40-22-15-35(3)14-21(22)39-4/h5-7,12-13,21-22H,1,8-11,14-15H2,2-4H3,(H,31,34)/t21-,22?/m1/s1. The number of aromatic nitrogens is 5. The Hall–Kier alpha value is -4.00. The summed E-state index contributed by atoms with van der Waals surface area (Å²) in [7, 11) is 3.70. The van der Waals surface area contributed by atoms with Crippen molar-refractivity contribution in [2.75, 3.05) is 58.3 Å². The first-order chi connectivity index (χ1) is 19.9. The van der Waals surface area contributed by atoms with Crippen LogP contribution in [-0.2, 0) is 9.53 Å². The number of aromatic amines is 1. The summed E-state index contributed by atoms with van der Waals surface area (Å²) in [4.78, 5) is 32.5. The number of H-pyrrole nitrogens is 1. The molecule has 1 amide bonds. The molecule has 2 atom stereocenters. The first-order valence-corrected chi connectivity index (χ1v) is 13.7. The summed E-state index contributed by atoms with van der Waals surface area (Å²) < 4.78 is 18.5. The molecule has 13 heteroatoms. The normalized spacial score (nSPS) is 19.7. The van der Waals surface area contributed by atoms with E-state index in [1.807, 2.05) is 26.1 Å². The number of halogens is 1. The van der Waals surface area contributed by atoms with Crippen LogP contribution in [0.4, 0.5) is 5.82 Å². The second-order valence-corrected chi connectivity index (χ2v) is 10.7. The molecule has 0 saturated carbocycles. The number of nitrogens with zero attached hydrogens (tertiary/aromatic N) is 7. The van der Waals surface area contributed by atoms with E-state index in [1.165, 1.54) is 6.08 Å². The Morgan fingerprint density at radius 3 is 2.71 bits per heavy atom. The van der Waals surface area contributed by atoms with Crippen molar-refractivity contribution in [3.63, 3.8) is 0 Å². The summed E-state index contributed by atoms with van der Waals surface area (Å²) in [5.74, 6) is 1.42. The van der Waals surface area contributed by atoms with Crippen molar-refractivity contribution in [3.05, 3.63) is 47.8 Å². The summed E-state index contributed by atoms with van der Waals surface area (Å²) >= 11 is 6.51. The topological polar surface area (TPSA) is 122 Å². The highest BCUT2D eigenvalue weighted by molar-refractivity contribution is 6.32. The third-order valence-corrected chi connectivity index (χ3v) is 8.04. The lowest BCUT2D eigenvalue weighted by Crippen LogP contribution is -2.48. The Bertz CT molecular complexity index is 1620. The zero-order chi connectivity index (χ0) is 28.7. The third kappa shape index (κ3) is 5.14. The monoisotopic (exact) mass is 578 g/mol. The third-order valence-electron chi connectivity index (χ3n) is 7.65. The molecule has 41 heavy (non-hydrogen) atoms. The van der Waals surface area contributed by atoms with Gasteiger partial charge in [0.25, 0.3) is 0 Å². The van der Waals surface area contributed by atoms with Gasteiger partial charge in [0, 0.05) is 63.2 Å². The second kappa shape index (κ2) is 11.1. The number of likely N-dealkylation sites (N-methyl/N-ethyl adjacent to an activating group) is 1. The highest BCUT2D eigenvalue weighted by Gasteiger charge is 2.34. The van der Waals surface area contributed by atoms with Crippen molar-refractivity contribution >= 4 is 45.1 Å². The summed E-state index contributed by atoms with van der Waals surface area (Å²) in [6.45, 7) is 9.16. The minimum absolute atomic E-state index is 0.0838. The quantitative estimate of drug-likeness (QED) is 0.327. The van der Waals surface area contributed by atoms with Crippen LogP contribution in [0, 0.1) is 6.92 Å². The molecule has 2 aliphatic rings. The molecule has 0 spiro atoms. The number of ether oxygens (including phenoxy) is 3. The van der Waals surface area contributed by atoms with Crippen molar-refractivity contribution in [1.82, 2.24) is 34.9 Å². The van der Waals surface area contributed by atoms with Crippen molar-refractivity contribution in [3.8, 4) is 17.6 Å². The van der Waals surface area contributed by atoms with Gasteiger partial charge in [-0.05, 0) is 32.2 Å². The van der Waals surface area contributed by atoms with E-state index in [-0.39, 0.29) is 30.0 Å². The van der Waals surface area contributed by atoms with Crippen LogP contribution in [0.1, 0.15) is 5.56 Å². The van der Waals surface area contributed by atoms with Crippen molar-refractivity contribution in [1.29, 1.82) is 0 Å². The number of amides is 1. The molecule has 214 valence electrons. The molecule has 1 unspecified atom stereocenters. The van der Waals surface area contributed by atoms with Gasteiger partial charge >= 0.3 is 6.01 Å². The second-order valence-electron chi connectivity index (χ2n) is 10.3. The molecule has 5 heterocycles. The molecular formula is C28H31ClN8O4. The number of hydrogen-bond donors (Lipinski definition) is 1. The lowest BCUT2D eigenvalue weighted by molar-refractivity contribution is -0.126. The van der Waals surface area contributed by atoms with Crippen LogP contribution in [0.25, 0.3) is 21.8 Å². The number of anilines is 1. The Balaban J connectivity index is 1.43. The van der Waals surface area contributed by atoms with Crippen LogP contribution in [0.2, 0.25) is 5.02 Å². The Morgan fingerprint density at radius 2 is 1.95 bits per heavy atom. The van der Waals surface area contributed by atoms with Gasteiger partial charge in [-0.3, -0.25) is 14.8 Å². The molecule has 2 aliphatic heterocycles. The highest BCUT2D eigenvalue weighted by Crippen LogP contribution is 2.39. The molecule has 2 saturated heterocycles. The summed E-state index contributed by atoms with van der Waals surface area (Å²) in [6.07, 6.45) is 4.33. The number of methoxy groups -OCH3 is 1. The van der Waals surface area contributed by atoms with Gasteiger partial charge in [0.05, 0.1) is 22.5 Å². The van der Waals surface area contributed by atoms with Crippen LogP contribution >= 0.6 is 11.6 Å². The maximum Gasteiger partial charge on any atom is 0.319 e. The van der Waals surface area contributed by atoms with E-state index in [0.717, 1.165) is 28.4 Å². The molecule has 0 radical (unpaired) electrons. The summed E-state index contributed by atoms with van der Waals surface area (Å²) in [5.41, 5.74) is 2.00. The zero-order valence-electron chi connectivity index (χ0n) is 23.1. The van der Waals surface area contributed by atoms with Gasteiger partial charge in [-0.15, -0.1) is 0 Å². The Kier molecular flexibility index (Phi) is 7.37. The highest BCUT2D eigenvalue weighted by atomic mass is 35.5. The van der Waals surface area contributed by atoms with Gasteiger partial charge < -0.3 is 24.0 Å². The van der Waals surface area contributed by atoms with Gasteiger partial charge in [-0.2, -0.15) is 15.1 Å². The van der Waals surface area contributed by atoms with Crippen molar-refractivity contribution in [2.45, 2.75) is 19.1 Å². The fourth-order valence-electron chi connectivity index (χ4n) is 5.39. The molecule has 1 aromatic carbocycles. The molecule has 1 N–H and O–H groups in total. The number of fused-ring (bicyclic) bond motifs is 2. The molecular weight excluding hydrogens is 548 g/mol. The molecule has 12 nitrogen and oxygen atoms in total. The largest absolute Gasteiger partial charge is 0.456 e. The van der Waals surface area contributed by atoms with E-state index in [0.29, 0.717) is 54.8 Å². The maximum atomic E-state index is 12.2. The number of carbonyl (C=O) groups is 1. The van der Waals surface area contributed by atoms with Crippen molar-refractivity contribution in [2.24, 2.45) is 0 Å². The number of benzene rings is 1. The van der Waals surface area contributed by atoms with Gasteiger partial charge in [-0.1, -0.05) is 18.2 Å². The smallest absolute Gasteiger partial charge is 0.319 e. The number of piperazine rings is 1. The number of hydrogen-bond acceptors (Lipinski definition) is 10. The molecule has 6 rings (SSSR count). The Morgan fingerprint density at radius 1 is 1.17 bits per heavy atom. The van der Waals surface area contributed by atoms with E-state index in [4.69, 9.17) is 35.8 Å². The summed E-state index contributed by atoms with van der Waals surface area (Å²) in [5, 5.41) is 9.16. The fourth-order valence-corrected chi connectivity index (χ4v) is 5.59. The minimum atomic E-state index is -0.251. The molecule has 2 fully saturated rings.